The van der Waals surface area contributed by atoms with Crippen molar-refractivity contribution in [1.29, 1.82) is 0 Å². The van der Waals surface area contributed by atoms with Crippen LogP contribution in [-0.4, -0.2) is 34.3 Å². The fraction of sp³-hybridized carbons (Fsp3) is 0.333. The molecule has 2 aromatic carbocycles. The summed E-state index contributed by atoms with van der Waals surface area (Å²) in [6.07, 6.45) is -1.09. The van der Waals surface area contributed by atoms with Gasteiger partial charge in [0.25, 0.3) is 0 Å². The molecule has 2 rings (SSSR count). The highest BCUT2D eigenvalue weighted by molar-refractivity contribution is 7.99. The van der Waals surface area contributed by atoms with Crippen LogP contribution in [0.2, 0.25) is 0 Å². The zero-order valence-corrected chi connectivity index (χ0v) is 13.9. The lowest BCUT2D eigenvalue weighted by Gasteiger charge is -2.16. The van der Waals surface area contributed by atoms with Gasteiger partial charge in [-0.3, -0.25) is 0 Å². The number of aliphatic hydroxyl groups excluding tert-OH is 3. The third kappa shape index (κ3) is 5.25. The van der Waals surface area contributed by atoms with Gasteiger partial charge in [0, 0.05) is 17.1 Å². The Kier molecular flexibility index (Phi) is 6.92. The predicted octanol–water partition coefficient (Wildman–Crippen LogP) is 2.76. The third-order valence-electron chi connectivity index (χ3n) is 3.54. The minimum absolute atomic E-state index is 0.0193. The van der Waals surface area contributed by atoms with Crippen molar-refractivity contribution in [1.82, 2.24) is 0 Å². The summed E-state index contributed by atoms with van der Waals surface area (Å²) < 4.78 is 5.28. The van der Waals surface area contributed by atoms with Crippen LogP contribution in [0.25, 0.3) is 0 Å². The molecule has 0 aliphatic carbocycles. The molecular weight excluding hydrogens is 312 g/mol. The SMILES string of the molecule is COc1ccccc1SCC(O)CC(O)c1ccc(CO)cc1. The Hall–Kier alpha value is -1.53. The van der Waals surface area contributed by atoms with Gasteiger partial charge in [0.1, 0.15) is 5.75 Å². The van der Waals surface area contributed by atoms with E-state index in [1.54, 1.807) is 31.4 Å². The lowest BCUT2D eigenvalue weighted by molar-refractivity contribution is 0.0931. The van der Waals surface area contributed by atoms with Crippen molar-refractivity contribution in [2.24, 2.45) is 0 Å². The van der Waals surface area contributed by atoms with Gasteiger partial charge in [-0.1, -0.05) is 36.4 Å². The van der Waals surface area contributed by atoms with Crippen LogP contribution in [0.4, 0.5) is 0 Å². The molecule has 0 aliphatic rings. The van der Waals surface area contributed by atoms with Crippen LogP contribution < -0.4 is 4.74 Å². The number of methoxy groups -OCH3 is 1. The van der Waals surface area contributed by atoms with Gasteiger partial charge in [-0.25, -0.2) is 0 Å². The normalized spacial score (nSPS) is 13.6. The Bertz CT molecular complexity index is 600. The minimum Gasteiger partial charge on any atom is -0.496 e. The summed E-state index contributed by atoms with van der Waals surface area (Å²) in [5.41, 5.74) is 1.54. The quantitative estimate of drug-likeness (QED) is 0.648. The van der Waals surface area contributed by atoms with Crippen LogP contribution in [0, 0.1) is 0 Å². The Morgan fingerprint density at radius 2 is 1.74 bits per heavy atom. The van der Waals surface area contributed by atoms with Crippen molar-refractivity contribution in [2.75, 3.05) is 12.9 Å². The van der Waals surface area contributed by atoms with Gasteiger partial charge in [-0.15, -0.1) is 11.8 Å². The first-order valence-electron chi connectivity index (χ1n) is 7.45. The van der Waals surface area contributed by atoms with Gasteiger partial charge in [0.15, 0.2) is 0 Å². The van der Waals surface area contributed by atoms with Crippen molar-refractivity contribution < 1.29 is 20.1 Å². The van der Waals surface area contributed by atoms with E-state index in [0.717, 1.165) is 21.8 Å². The van der Waals surface area contributed by atoms with Crippen molar-refractivity contribution in [3.05, 3.63) is 59.7 Å². The molecule has 124 valence electrons. The number of rotatable bonds is 8. The molecule has 3 N–H and O–H groups in total. The maximum absolute atomic E-state index is 10.2. The summed E-state index contributed by atoms with van der Waals surface area (Å²) in [5.74, 6) is 1.26. The number of thioether (sulfide) groups is 1. The molecule has 0 amide bonds. The molecule has 0 aromatic heterocycles. The highest BCUT2D eigenvalue weighted by Crippen LogP contribution is 2.30. The molecule has 23 heavy (non-hydrogen) atoms. The number of hydrogen-bond acceptors (Lipinski definition) is 5. The largest absolute Gasteiger partial charge is 0.496 e. The zero-order valence-electron chi connectivity index (χ0n) is 13.1. The second-order valence-corrected chi connectivity index (χ2v) is 6.33. The standard InChI is InChI=1S/C18H22O4S/c1-22-17-4-2-3-5-18(17)23-12-15(20)10-16(21)14-8-6-13(11-19)7-9-14/h2-9,15-16,19-21H,10-12H2,1H3. The predicted molar refractivity (Wildman–Crippen MR) is 91.7 cm³/mol. The molecule has 2 aromatic rings. The van der Waals surface area contributed by atoms with Crippen molar-refractivity contribution in [2.45, 2.75) is 30.1 Å². The molecule has 2 atom stereocenters. The first kappa shape index (κ1) is 17.8. The minimum atomic E-state index is -0.726. The van der Waals surface area contributed by atoms with E-state index in [1.165, 1.54) is 11.8 Å². The fourth-order valence-electron chi connectivity index (χ4n) is 2.23. The summed E-state index contributed by atoms with van der Waals surface area (Å²) >= 11 is 1.50. The molecule has 0 radical (unpaired) electrons. The number of ether oxygens (including phenoxy) is 1. The maximum Gasteiger partial charge on any atom is 0.132 e. The highest BCUT2D eigenvalue weighted by Gasteiger charge is 2.15. The molecule has 0 aliphatic heterocycles. The Balaban J connectivity index is 1.87. The second kappa shape index (κ2) is 8.93. The van der Waals surface area contributed by atoms with E-state index in [4.69, 9.17) is 9.84 Å². The van der Waals surface area contributed by atoms with E-state index in [2.05, 4.69) is 0 Å². The average molecular weight is 334 g/mol. The van der Waals surface area contributed by atoms with Gasteiger partial charge in [0.2, 0.25) is 0 Å². The fourth-order valence-corrected chi connectivity index (χ4v) is 3.21. The first-order valence-corrected chi connectivity index (χ1v) is 8.44. The number of hydrogen-bond donors (Lipinski definition) is 3. The lowest BCUT2D eigenvalue weighted by Crippen LogP contribution is -2.15. The summed E-state index contributed by atoms with van der Waals surface area (Å²) in [4.78, 5) is 0.968. The average Bonchev–Trinajstić information content (AvgIpc) is 2.60. The summed E-state index contributed by atoms with van der Waals surface area (Å²) in [5, 5.41) is 29.4. The summed E-state index contributed by atoms with van der Waals surface area (Å²) in [6, 6.07) is 14.7. The molecule has 0 spiro atoms. The topological polar surface area (TPSA) is 69.9 Å². The van der Waals surface area contributed by atoms with Gasteiger partial charge in [0.05, 0.1) is 25.9 Å². The van der Waals surface area contributed by atoms with E-state index in [9.17, 15) is 10.2 Å². The molecule has 0 heterocycles. The van der Waals surface area contributed by atoms with Crippen LogP contribution in [0.5, 0.6) is 5.75 Å². The Labute approximate surface area is 140 Å². The second-order valence-electron chi connectivity index (χ2n) is 5.27. The van der Waals surface area contributed by atoms with Crippen LogP contribution in [0.15, 0.2) is 53.4 Å². The van der Waals surface area contributed by atoms with Crippen molar-refractivity contribution in [3.63, 3.8) is 0 Å². The smallest absolute Gasteiger partial charge is 0.132 e. The molecular formula is C18H22O4S. The van der Waals surface area contributed by atoms with E-state index in [0.29, 0.717) is 5.75 Å². The zero-order chi connectivity index (χ0) is 16.7. The lowest BCUT2D eigenvalue weighted by atomic mass is 10.0. The van der Waals surface area contributed by atoms with Crippen LogP contribution in [0.1, 0.15) is 23.7 Å². The van der Waals surface area contributed by atoms with Gasteiger partial charge in [-0.05, 0) is 23.3 Å². The van der Waals surface area contributed by atoms with E-state index in [1.807, 2.05) is 24.3 Å². The highest BCUT2D eigenvalue weighted by atomic mass is 32.2. The number of benzene rings is 2. The van der Waals surface area contributed by atoms with Crippen LogP contribution >= 0.6 is 11.8 Å². The Morgan fingerprint density at radius 1 is 1.04 bits per heavy atom. The van der Waals surface area contributed by atoms with Crippen LogP contribution in [-0.2, 0) is 6.61 Å². The van der Waals surface area contributed by atoms with Gasteiger partial charge in [-0.2, -0.15) is 0 Å². The molecule has 4 nitrogen and oxygen atoms in total. The summed E-state index contributed by atoms with van der Waals surface area (Å²) in [7, 11) is 1.62. The molecule has 5 heteroatoms. The number of para-hydroxylation sites is 1. The van der Waals surface area contributed by atoms with Gasteiger partial charge < -0.3 is 20.1 Å². The third-order valence-corrected chi connectivity index (χ3v) is 4.74. The molecule has 0 fully saturated rings. The van der Waals surface area contributed by atoms with Crippen molar-refractivity contribution >= 4 is 11.8 Å². The molecule has 0 saturated carbocycles. The molecule has 0 saturated heterocycles. The first-order chi connectivity index (χ1) is 11.1. The van der Waals surface area contributed by atoms with Crippen LogP contribution in [0.3, 0.4) is 0 Å². The van der Waals surface area contributed by atoms with E-state index >= 15 is 0 Å². The van der Waals surface area contributed by atoms with E-state index in [-0.39, 0.29) is 13.0 Å². The van der Waals surface area contributed by atoms with E-state index < -0.39 is 12.2 Å². The molecule has 0 bridgehead atoms. The Morgan fingerprint density at radius 3 is 2.39 bits per heavy atom. The van der Waals surface area contributed by atoms with Gasteiger partial charge >= 0.3 is 0 Å². The molecule has 2 unspecified atom stereocenters. The maximum atomic E-state index is 10.2. The number of aliphatic hydroxyl groups is 3. The monoisotopic (exact) mass is 334 g/mol. The van der Waals surface area contributed by atoms with Crippen molar-refractivity contribution in [3.8, 4) is 5.75 Å². The summed E-state index contributed by atoms with van der Waals surface area (Å²) in [6.45, 7) is -0.0193.